The highest BCUT2D eigenvalue weighted by atomic mass is 16.5. The Morgan fingerprint density at radius 1 is 1.22 bits per heavy atom. The minimum atomic E-state index is -0.0918. The zero-order valence-corrected chi connectivity index (χ0v) is 10.1. The number of nitrogens with one attached hydrogen (secondary N) is 1. The smallest absolute Gasteiger partial charge is 0.233 e. The highest BCUT2D eigenvalue weighted by molar-refractivity contribution is 5.18. The molecule has 18 heavy (non-hydrogen) atoms. The summed E-state index contributed by atoms with van der Waals surface area (Å²) in [4.78, 5) is 3.98. The van der Waals surface area contributed by atoms with E-state index in [0.717, 1.165) is 17.7 Å². The van der Waals surface area contributed by atoms with Gasteiger partial charge in [0.1, 0.15) is 0 Å². The second-order valence-electron chi connectivity index (χ2n) is 3.78. The first kappa shape index (κ1) is 12.4. The Bertz CT molecular complexity index is 474. The van der Waals surface area contributed by atoms with Gasteiger partial charge in [-0.3, -0.25) is 16.3 Å². The monoisotopic (exact) mass is 245 g/mol. The molecule has 2 heterocycles. The Kier molecular flexibility index (Phi) is 4.16. The van der Waals surface area contributed by atoms with Gasteiger partial charge in [0.25, 0.3) is 0 Å². The van der Waals surface area contributed by atoms with Crippen LogP contribution in [0.25, 0.3) is 0 Å². The first-order valence-corrected chi connectivity index (χ1v) is 5.56. The van der Waals surface area contributed by atoms with Gasteiger partial charge in [0, 0.05) is 18.5 Å². The van der Waals surface area contributed by atoms with Crippen molar-refractivity contribution >= 4 is 0 Å². The van der Waals surface area contributed by atoms with Crippen LogP contribution in [-0.2, 0) is 6.42 Å². The number of methoxy groups -OCH3 is 1. The molecule has 0 bridgehead atoms. The van der Waals surface area contributed by atoms with Crippen molar-refractivity contribution in [2.75, 3.05) is 7.11 Å². The minimum Gasteiger partial charge on any atom is -0.480 e. The maximum absolute atomic E-state index is 5.56. The SMILES string of the molecule is COc1ccc(C(Cc2ccncc2)NN)nn1. The zero-order chi connectivity index (χ0) is 12.8. The topological polar surface area (TPSA) is 86.0 Å². The summed E-state index contributed by atoms with van der Waals surface area (Å²) in [5.74, 6) is 6.04. The van der Waals surface area contributed by atoms with Gasteiger partial charge in [0.15, 0.2) is 0 Å². The number of ether oxygens (including phenoxy) is 1. The minimum absolute atomic E-state index is 0.0918. The summed E-state index contributed by atoms with van der Waals surface area (Å²) in [6, 6.07) is 7.41. The van der Waals surface area contributed by atoms with Crippen LogP contribution in [0.5, 0.6) is 5.88 Å². The maximum atomic E-state index is 5.56. The van der Waals surface area contributed by atoms with Crippen molar-refractivity contribution in [3.05, 3.63) is 47.9 Å². The number of pyridine rings is 1. The summed E-state index contributed by atoms with van der Waals surface area (Å²) < 4.78 is 4.97. The molecule has 0 aliphatic heterocycles. The lowest BCUT2D eigenvalue weighted by molar-refractivity contribution is 0.389. The Labute approximate surface area is 105 Å². The molecule has 0 saturated heterocycles. The van der Waals surface area contributed by atoms with Crippen molar-refractivity contribution in [3.63, 3.8) is 0 Å². The average Bonchev–Trinajstić information content (AvgIpc) is 2.46. The predicted molar refractivity (Wildman–Crippen MR) is 66.6 cm³/mol. The molecule has 0 saturated carbocycles. The summed E-state index contributed by atoms with van der Waals surface area (Å²) >= 11 is 0. The summed E-state index contributed by atoms with van der Waals surface area (Å²) in [6.07, 6.45) is 4.23. The molecule has 6 nitrogen and oxygen atoms in total. The van der Waals surface area contributed by atoms with E-state index in [4.69, 9.17) is 10.6 Å². The fourth-order valence-electron chi connectivity index (χ4n) is 1.63. The summed E-state index contributed by atoms with van der Waals surface area (Å²) in [5.41, 5.74) is 4.64. The number of nitrogens with zero attached hydrogens (tertiary/aromatic N) is 3. The van der Waals surface area contributed by atoms with Crippen molar-refractivity contribution in [1.29, 1.82) is 0 Å². The first-order valence-electron chi connectivity index (χ1n) is 5.56. The third-order valence-corrected chi connectivity index (χ3v) is 2.62. The van der Waals surface area contributed by atoms with Gasteiger partial charge >= 0.3 is 0 Å². The molecule has 2 rings (SSSR count). The van der Waals surface area contributed by atoms with Gasteiger partial charge in [-0.25, -0.2) is 0 Å². The van der Waals surface area contributed by atoms with Crippen molar-refractivity contribution in [2.45, 2.75) is 12.5 Å². The number of rotatable bonds is 5. The largest absolute Gasteiger partial charge is 0.480 e. The summed E-state index contributed by atoms with van der Waals surface area (Å²) in [7, 11) is 1.55. The van der Waals surface area contributed by atoms with Crippen molar-refractivity contribution in [1.82, 2.24) is 20.6 Å². The molecule has 0 aliphatic carbocycles. The third-order valence-electron chi connectivity index (χ3n) is 2.62. The lowest BCUT2D eigenvalue weighted by Gasteiger charge is -2.14. The second-order valence-corrected chi connectivity index (χ2v) is 3.78. The van der Waals surface area contributed by atoms with Gasteiger partial charge in [-0.2, -0.15) is 5.10 Å². The van der Waals surface area contributed by atoms with E-state index in [-0.39, 0.29) is 6.04 Å². The number of aromatic nitrogens is 3. The number of hydrogen-bond acceptors (Lipinski definition) is 6. The van der Waals surface area contributed by atoms with Gasteiger partial charge in [-0.05, 0) is 30.2 Å². The van der Waals surface area contributed by atoms with Crippen LogP contribution in [-0.4, -0.2) is 22.3 Å². The quantitative estimate of drug-likeness (QED) is 0.593. The average molecular weight is 245 g/mol. The Morgan fingerprint density at radius 3 is 2.56 bits per heavy atom. The van der Waals surface area contributed by atoms with Crippen LogP contribution in [0.15, 0.2) is 36.7 Å². The van der Waals surface area contributed by atoms with Gasteiger partial charge in [0.05, 0.1) is 18.8 Å². The van der Waals surface area contributed by atoms with E-state index < -0.39 is 0 Å². The van der Waals surface area contributed by atoms with E-state index in [1.807, 2.05) is 18.2 Å². The van der Waals surface area contributed by atoms with Crippen LogP contribution >= 0.6 is 0 Å². The number of hydrazine groups is 1. The maximum Gasteiger partial charge on any atom is 0.233 e. The van der Waals surface area contributed by atoms with Crippen LogP contribution < -0.4 is 16.0 Å². The molecular formula is C12H15N5O. The molecule has 0 aliphatic rings. The predicted octanol–water partition coefficient (Wildman–Crippen LogP) is 0.627. The lowest BCUT2D eigenvalue weighted by Crippen LogP contribution is -2.30. The molecule has 1 unspecified atom stereocenters. The molecule has 0 amide bonds. The Hall–Kier alpha value is -2.05. The molecule has 2 aromatic rings. The highest BCUT2D eigenvalue weighted by Gasteiger charge is 2.12. The third kappa shape index (κ3) is 2.99. The van der Waals surface area contributed by atoms with Gasteiger partial charge in [-0.15, -0.1) is 5.10 Å². The van der Waals surface area contributed by atoms with Crippen LogP contribution in [0.4, 0.5) is 0 Å². The van der Waals surface area contributed by atoms with Crippen LogP contribution in [0.1, 0.15) is 17.3 Å². The van der Waals surface area contributed by atoms with E-state index in [1.54, 1.807) is 25.6 Å². The fraction of sp³-hybridized carbons (Fsp3) is 0.250. The Morgan fingerprint density at radius 2 is 2.00 bits per heavy atom. The van der Waals surface area contributed by atoms with Crippen LogP contribution in [0.3, 0.4) is 0 Å². The van der Waals surface area contributed by atoms with Gasteiger partial charge in [-0.1, -0.05) is 0 Å². The Balaban J connectivity index is 2.12. The van der Waals surface area contributed by atoms with E-state index in [9.17, 15) is 0 Å². The first-order chi connectivity index (χ1) is 8.83. The molecule has 0 radical (unpaired) electrons. The molecule has 0 fully saturated rings. The summed E-state index contributed by atoms with van der Waals surface area (Å²) in [5, 5.41) is 8.01. The molecule has 6 heteroatoms. The van der Waals surface area contributed by atoms with E-state index in [2.05, 4.69) is 20.6 Å². The van der Waals surface area contributed by atoms with E-state index in [0.29, 0.717) is 5.88 Å². The van der Waals surface area contributed by atoms with Crippen molar-refractivity contribution < 1.29 is 4.74 Å². The van der Waals surface area contributed by atoms with Crippen LogP contribution in [0.2, 0.25) is 0 Å². The fourth-order valence-corrected chi connectivity index (χ4v) is 1.63. The molecular weight excluding hydrogens is 230 g/mol. The molecule has 1 atom stereocenters. The van der Waals surface area contributed by atoms with Gasteiger partial charge in [0.2, 0.25) is 5.88 Å². The zero-order valence-electron chi connectivity index (χ0n) is 10.1. The molecule has 2 aromatic heterocycles. The summed E-state index contributed by atoms with van der Waals surface area (Å²) in [6.45, 7) is 0. The number of nitrogens with two attached hydrogens (primary N) is 1. The lowest BCUT2D eigenvalue weighted by atomic mass is 10.0. The number of hydrogen-bond donors (Lipinski definition) is 2. The molecule has 3 N–H and O–H groups in total. The highest BCUT2D eigenvalue weighted by Crippen LogP contribution is 2.16. The van der Waals surface area contributed by atoms with Crippen molar-refractivity contribution in [2.24, 2.45) is 5.84 Å². The van der Waals surface area contributed by atoms with E-state index >= 15 is 0 Å². The van der Waals surface area contributed by atoms with Gasteiger partial charge < -0.3 is 4.74 Å². The van der Waals surface area contributed by atoms with E-state index in [1.165, 1.54) is 0 Å². The normalized spacial score (nSPS) is 12.1. The molecule has 0 aromatic carbocycles. The molecule has 94 valence electrons. The van der Waals surface area contributed by atoms with Crippen molar-refractivity contribution in [3.8, 4) is 5.88 Å². The standard InChI is InChI=1S/C12H15N5O/c1-18-12-3-2-10(16-17-12)11(15-13)8-9-4-6-14-7-5-9/h2-7,11,15H,8,13H2,1H3. The second kappa shape index (κ2) is 6.04. The van der Waals surface area contributed by atoms with Crippen LogP contribution in [0, 0.1) is 0 Å². The molecule has 0 spiro atoms.